The van der Waals surface area contributed by atoms with Crippen LogP contribution in [-0.2, 0) is 0 Å². The van der Waals surface area contributed by atoms with E-state index in [0.717, 1.165) is 26.8 Å². The molecule has 1 heterocycles. The van der Waals surface area contributed by atoms with E-state index >= 15 is 0 Å². The Labute approximate surface area is 172 Å². The van der Waals surface area contributed by atoms with Gasteiger partial charge in [0, 0.05) is 18.2 Å². The first kappa shape index (κ1) is 17.9. The first-order chi connectivity index (χ1) is 14.5. The van der Waals surface area contributed by atoms with Crippen LogP contribution < -0.4 is 0 Å². The summed E-state index contributed by atoms with van der Waals surface area (Å²) in [5.74, 6) is -0.465. The molecule has 5 rings (SSSR count). The minimum absolute atomic E-state index is 0.125. The number of hydrogen-bond donors (Lipinski definition) is 2. The maximum atomic E-state index is 13.2. The van der Waals surface area contributed by atoms with Gasteiger partial charge in [-0.3, -0.25) is 14.5 Å². The lowest BCUT2D eigenvalue weighted by Crippen LogP contribution is -2.24. The predicted octanol–water partition coefficient (Wildman–Crippen LogP) is 4.81. The second-order valence-corrected chi connectivity index (χ2v) is 7.31. The molecule has 0 atom stereocenters. The summed E-state index contributed by atoms with van der Waals surface area (Å²) in [7, 11) is 1.48. The second-order valence-electron chi connectivity index (χ2n) is 7.31. The molecule has 0 radical (unpaired) electrons. The molecule has 0 aliphatic carbocycles. The van der Waals surface area contributed by atoms with E-state index in [0.29, 0.717) is 22.3 Å². The Kier molecular flexibility index (Phi) is 3.86. The highest BCUT2D eigenvalue weighted by atomic mass is 16.3. The Morgan fingerprint density at radius 2 is 0.933 bits per heavy atom. The minimum Gasteiger partial charge on any atom is -0.508 e. The van der Waals surface area contributed by atoms with Gasteiger partial charge in [0.25, 0.3) is 11.8 Å². The van der Waals surface area contributed by atoms with Crippen LogP contribution in [-0.4, -0.2) is 34.0 Å². The Morgan fingerprint density at radius 1 is 0.567 bits per heavy atom. The summed E-state index contributed by atoms with van der Waals surface area (Å²) in [5, 5.41) is 21.1. The third-order valence-corrected chi connectivity index (χ3v) is 5.56. The van der Waals surface area contributed by atoms with E-state index in [1.165, 1.54) is 7.05 Å². The number of rotatable bonds is 2. The summed E-state index contributed by atoms with van der Waals surface area (Å²) >= 11 is 0. The second kappa shape index (κ2) is 6.46. The van der Waals surface area contributed by atoms with Crippen molar-refractivity contribution in [3.63, 3.8) is 0 Å². The summed E-state index contributed by atoms with van der Waals surface area (Å²) in [4.78, 5) is 27.5. The number of benzene rings is 4. The van der Waals surface area contributed by atoms with Crippen LogP contribution in [0.4, 0.5) is 0 Å². The van der Waals surface area contributed by atoms with Gasteiger partial charge in [0.05, 0.1) is 11.1 Å². The number of nitrogens with zero attached hydrogens (tertiary/aromatic N) is 1. The Hall–Kier alpha value is -4.12. The van der Waals surface area contributed by atoms with E-state index in [4.69, 9.17) is 0 Å². The normalized spacial score (nSPS) is 13.2. The molecule has 4 aromatic rings. The minimum atomic E-state index is -0.358. The van der Waals surface area contributed by atoms with Crippen LogP contribution in [0.1, 0.15) is 20.7 Å². The van der Waals surface area contributed by atoms with Crippen molar-refractivity contribution in [1.82, 2.24) is 4.90 Å². The maximum absolute atomic E-state index is 13.2. The molecular formula is C25H17NO4. The van der Waals surface area contributed by atoms with Crippen LogP contribution >= 0.6 is 0 Å². The van der Waals surface area contributed by atoms with Crippen LogP contribution in [0.2, 0.25) is 0 Å². The summed E-state index contributed by atoms with van der Waals surface area (Å²) in [5.41, 5.74) is 3.55. The Balaban J connectivity index is 1.98. The third-order valence-electron chi connectivity index (χ3n) is 5.56. The highest BCUT2D eigenvalue weighted by Gasteiger charge is 2.39. The molecule has 5 heteroatoms. The van der Waals surface area contributed by atoms with E-state index in [1.807, 2.05) is 24.3 Å². The van der Waals surface area contributed by atoms with Crippen molar-refractivity contribution in [3.8, 4) is 33.8 Å². The lowest BCUT2D eigenvalue weighted by Gasteiger charge is -2.17. The molecule has 30 heavy (non-hydrogen) atoms. The van der Waals surface area contributed by atoms with Crippen LogP contribution in [0.15, 0.2) is 72.8 Å². The monoisotopic (exact) mass is 395 g/mol. The predicted molar refractivity (Wildman–Crippen MR) is 115 cm³/mol. The van der Waals surface area contributed by atoms with Gasteiger partial charge in [0.2, 0.25) is 0 Å². The lowest BCUT2D eigenvalue weighted by molar-refractivity contribution is 0.0693. The van der Waals surface area contributed by atoms with Crippen molar-refractivity contribution in [3.05, 3.63) is 83.9 Å². The average molecular weight is 395 g/mol. The van der Waals surface area contributed by atoms with Crippen LogP contribution in [0.3, 0.4) is 0 Å². The SMILES string of the molecule is CN1C(=O)c2c(c(-c3ccc(O)cc3)c3ccccc3c2-c2ccc(O)cc2)C1=O. The van der Waals surface area contributed by atoms with Gasteiger partial charge >= 0.3 is 0 Å². The number of fused-ring (bicyclic) bond motifs is 2. The zero-order chi connectivity index (χ0) is 21.0. The molecule has 0 fully saturated rings. The number of imide groups is 1. The van der Waals surface area contributed by atoms with Crippen molar-refractivity contribution < 1.29 is 19.8 Å². The topological polar surface area (TPSA) is 77.8 Å². The molecule has 4 aromatic carbocycles. The molecule has 0 saturated heterocycles. The van der Waals surface area contributed by atoms with Gasteiger partial charge in [0.15, 0.2) is 0 Å². The van der Waals surface area contributed by atoms with Gasteiger partial charge < -0.3 is 10.2 Å². The lowest BCUT2D eigenvalue weighted by atomic mass is 9.84. The van der Waals surface area contributed by atoms with Crippen LogP contribution in [0.25, 0.3) is 33.0 Å². The fraction of sp³-hybridized carbons (Fsp3) is 0.0400. The van der Waals surface area contributed by atoms with Gasteiger partial charge in [0.1, 0.15) is 11.5 Å². The number of amides is 2. The molecule has 0 saturated carbocycles. The number of aromatic hydroxyl groups is 2. The largest absolute Gasteiger partial charge is 0.508 e. The molecule has 0 spiro atoms. The Morgan fingerprint density at radius 3 is 1.30 bits per heavy atom. The highest BCUT2D eigenvalue weighted by Crippen LogP contribution is 2.45. The van der Waals surface area contributed by atoms with E-state index in [-0.39, 0.29) is 23.3 Å². The van der Waals surface area contributed by atoms with Crippen molar-refractivity contribution >= 4 is 22.6 Å². The van der Waals surface area contributed by atoms with Crippen molar-refractivity contribution in [2.24, 2.45) is 0 Å². The van der Waals surface area contributed by atoms with Crippen molar-refractivity contribution in [2.75, 3.05) is 7.05 Å². The average Bonchev–Trinajstić information content (AvgIpc) is 2.98. The molecule has 0 aromatic heterocycles. The van der Waals surface area contributed by atoms with Crippen molar-refractivity contribution in [1.29, 1.82) is 0 Å². The summed E-state index contributed by atoms with van der Waals surface area (Å²) in [6, 6.07) is 20.9. The molecule has 2 N–H and O–H groups in total. The number of carbonyl (C=O) groups excluding carboxylic acids is 2. The first-order valence-electron chi connectivity index (χ1n) is 9.47. The quantitative estimate of drug-likeness (QED) is 0.478. The molecule has 1 aliphatic heterocycles. The molecule has 146 valence electrons. The fourth-order valence-corrected chi connectivity index (χ4v) is 4.15. The van der Waals surface area contributed by atoms with Gasteiger partial charge in [-0.1, -0.05) is 48.5 Å². The maximum Gasteiger partial charge on any atom is 0.261 e. The summed E-state index contributed by atoms with van der Waals surface area (Å²) in [6.45, 7) is 0. The van der Waals surface area contributed by atoms with Crippen LogP contribution in [0, 0.1) is 0 Å². The van der Waals surface area contributed by atoms with E-state index in [1.54, 1.807) is 48.5 Å². The molecule has 1 aliphatic rings. The van der Waals surface area contributed by atoms with Gasteiger partial charge in [-0.25, -0.2) is 0 Å². The first-order valence-corrected chi connectivity index (χ1v) is 9.47. The van der Waals surface area contributed by atoms with Gasteiger partial charge in [-0.2, -0.15) is 0 Å². The molecule has 2 amide bonds. The van der Waals surface area contributed by atoms with E-state index < -0.39 is 0 Å². The van der Waals surface area contributed by atoms with E-state index in [2.05, 4.69) is 0 Å². The third kappa shape index (κ3) is 2.49. The highest BCUT2D eigenvalue weighted by molar-refractivity contribution is 6.31. The smallest absolute Gasteiger partial charge is 0.261 e. The Bertz CT molecular complexity index is 1230. The molecule has 0 unspecified atom stereocenters. The summed E-state index contributed by atoms with van der Waals surface area (Å²) < 4.78 is 0. The number of carbonyl (C=O) groups is 2. The number of phenolic OH excluding ortho intramolecular Hbond substituents is 2. The van der Waals surface area contributed by atoms with Gasteiger partial charge in [-0.05, 0) is 46.2 Å². The molecule has 0 bridgehead atoms. The molecule has 5 nitrogen and oxygen atoms in total. The summed E-state index contributed by atoms with van der Waals surface area (Å²) in [6.07, 6.45) is 0. The fourth-order valence-electron chi connectivity index (χ4n) is 4.15. The standard InChI is InChI=1S/C25H17NO4/c1-26-24(29)22-20(14-6-10-16(27)11-7-14)18-4-2-3-5-19(18)21(23(22)25(26)30)15-8-12-17(28)13-9-15/h2-13,27-28H,1H3. The number of phenols is 2. The van der Waals surface area contributed by atoms with E-state index in [9.17, 15) is 19.8 Å². The zero-order valence-corrected chi connectivity index (χ0v) is 16.1. The molecular weight excluding hydrogens is 378 g/mol. The zero-order valence-electron chi connectivity index (χ0n) is 16.1. The number of hydrogen-bond acceptors (Lipinski definition) is 4. The van der Waals surface area contributed by atoms with Crippen LogP contribution in [0.5, 0.6) is 11.5 Å². The van der Waals surface area contributed by atoms with Crippen molar-refractivity contribution in [2.45, 2.75) is 0 Å². The van der Waals surface area contributed by atoms with Gasteiger partial charge in [-0.15, -0.1) is 0 Å².